The smallest absolute Gasteiger partial charge is 0.0474 e. The van der Waals surface area contributed by atoms with Crippen LogP contribution >= 0.6 is 0 Å². The van der Waals surface area contributed by atoms with E-state index in [4.69, 9.17) is 5.73 Å². The first-order chi connectivity index (χ1) is 10.2. The zero-order valence-electron chi connectivity index (χ0n) is 13.5. The number of benzene rings is 1. The van der Waals surface area contributed by atoms with Crippen molar-refractivity contribution in [1.82, 2.24) is 9.80 Å². The highest BCUT2D eigenvalue weighted by molar-refractivity contribution is 5.26. The molecule has 0 aliphatic carbocycles. The van der Waals surface area contributed by atoms with Crippen LogP contribution in [0.1, 0.15) is 43.4 Å². The van der Waals surface area contributed by atoms with E-state index in [9.17, 15) is 0 Å². The van der Waals surface area contributed by atoms with Crippen LogP contribution in [0.3, 0.4) is 0 Å². The summed E-state index contributed by atoms with van der Waals surface area (Å²) in [6, 6.07) is 10.6. The molecule has 3 nitrogen and oxygen atoms in total. The average molecular weight is 287 g/mol. The Morgan fingerprint density at radius 1 is 1.29 bits per heavy atom. The second kappa shape index (κ2) is 6.47. The van der Waals surface area contributed by atoms with E-state index >= 15 is 0 Å². The van der Waals surface area contributed by atoms with Gasteiger partial charge in [0.1, 0.15) is 0 Å². The van der Waals surface area contributed by atoms with E-state index in [-0.39, 0.29) is 0 Å². The predicted octanol–water partition coefficient (Wildman–Crippen LogP) is 2.55. The van der Waals surface area contributed by atoms with Gasteiger partial charge < -0.3 is 5.73 Å². The van der Waals surface area contributed by atoms with Crippen LogP contribution in [0, 0.1) is 6.92 Å². The van der Waals surface area contributed by atoms with Gasteiger partial charge in [-0.05, 0) is 38.8 Å². The second-order valence-electron chi connectivity index (χ2n) is 6.86. The summed E-state index contributed by atoms with van der Waals surface area (Å²) in [6.45, 7) is 8.91. The monoisotopic (exact) mass is 287 g/mol. The number of fused-ring (bicyclic) bond motifs is 1. The summed E-state index contributed by atoms with van der Waals surface area (Å²) in [5, 5.41) is 0. The maximum absolute atomic E-state index is 6.16. The summed E-state index contributed by atoms with van der Waals surface area (Å²) in [5.74, 6) is 0. The first-order valence-corrected chi connectivity index (χ1v) is 8.45. The van der Waals surface area contributed by atoms with E-state index in [1.807, 2.05) is 0 Å². The van der Waals surface area contributed by atoms with Gasteiger partial charge in [0.2, 0.25) is 0 Å². The number of hydrogen-bond acceptors (Lipinski definition) is 3. The molecule has 3 rings (SSSR count). The minimum Gasteiger partial charge on any atom is -0.329 e. The molecule has 0 bridgehead atoms. The summed E-state index contributed by atoms with van der Waals surface area (Å²) >= 11 is 0. The lowest BCUT2D eigenvalue weighted by Gasteiger charge is -2.50. The number of nitrogens with zero attached hydrogens (tertiary/aromatic N) is 2. The molecule has 0 aromatic heterocycles. The maximum Gasteiger partial charge on any atom is 0.0474 e. The Morgan fingerprint density at radius 3 is 2.90 bits per heavy atom. The van der Waals surface area contributed by atoms with Gasteiger partial charge in [0.25, 0.3) is 0 Å². The van der Waals surface area contributed by atoms with Crippen molar-refractivity contribution >= 4 is 0 Å². The Labute approximate surface area is 129 Å². The van der Waals surface area contributed by atoms with Gasteiger partial charge in [-0.15, -0.1) is 0 Å². The maximum atomic E-state index is 6.16. The largest absolute Gasteiger partial charge is 0.329 e. The predicted molar refractivity (Wildman–Crippen MR) is 88.4 cm³/mol. The van der Waals surface area contributed by atoms with Gasteiger partial charge in [-0.3, -0.25) is 9.80 Å². The van der Waals surface area contributed by atoms with Crippen LogP contribution in [-0.4, -0.2) is 48.1 Å². The molecular formula is C18H29N3. The van der Waals surface area contributed by atoms with E-state index in [0.717, 1.165) is 6.04 Å². The molecule has 3 unspecified atom stereocenters. The summed E-state index contributed by atoms with van der Waals surface area (Å²) in [6.07, 6.45) is 4.12. The van der Waals surface area contributed by atoms with Crippen molar-refractivity contribution < 1.29 is 0 Å². The van der Waals surface area contributed by atoms with E-state index in [2.05, 4.69) is 47.9 Å². The molecule has 2 aliphatic heterocycles. The fraction of sp³-hybridized carbons (Fsp3) is 0.667. The fourth-order valence-corrected chi connectivity index (χ4v) is 4.15. The van der Waals surface area contributed by atoms with Gasteiger partial charge in [0.05, 0.1) is 0 Å². The molecule has 2 saturated heterocycles. The molecule has 0 radical (unpaired) electrons. The number of hydrogen-bond donors (Lipinski definition) is 1. The zero-order chi connectivity index (χ0) is 14.8. The van der Waals surface area contributed by atoms with Gasteiger partial charge >= 0.3 is 0 Å². The van der Waals surface area contributed by atoms with Gasteiger partial charge in [-0.2, -0.15) is 0 Å². The molecule has 116 valence electrons. The highest BCUT2D eigenvalue weighted by Gasteiger charge is 2.36. The number of aryl methyl sites for hydroxylation is 1. The summed E-state index contributed by atoms with van der Waals surface area (Å²) < 4.78 is 0. The van der Waals surface area contributed by atoms with Gasteiger partial charge in [-0.1, -0.05) is 36.2 Å². The van der Waals surface area contributed by atoms with Crippen molar-refractivity contribution in [3.05, 3.63) is 35.4 Å². The normalized spacial score (nSPS) is 29.1. The number of piperazine rings is 1. The van der Waals surface area contributed by atoms with Crippen LogP contribution < -0.4 is 5.73 Å². The summed E-state index contributed by atoms with van der Waals surface area (Å²) in [5.41, 5.74) is 8.87. The van der Waals surface area contributed by atoms with Crippen molar-refractivity contribution in [3.63, 3.8) is 0 Å². The molecule has 3 atom stereocenters. The third-order valence-electron chi connectivity index (χ3n) is 5.29. The molecule has 1 aromatic rings. The molecule has 0 amide bonds. The van der Waals surface area contributed by atoms with Crippen LogP contribution in [-0.2, 0) is 0 Å². The quantitative estimate of drug-likeness (QED) is 0.927. The molecule has 2 heterocycles. The Hall–Kier alpha value is -0.900. The number of piperidine rings is 1. The van der Waals surface area contributed by atoms with Crippen LogP contribution in [0.25, 0.3) is 0 Å². The Bertz CT molecular complexity index is 473. The lowest BCUT2D eigenvalue weighted by atomic mass is 9.93. The van der Waals surface area contributed by atoms with Crippen LogP contribution in [0.2, 0.25) is 0 Å². The van der Waals surface area contributed by atoms with Gasteiger partial charge in [0.15, 0.2) is 0 Å². The molecule has 1 aromatic carbocycles. The number of nitrogens with two attached hydrogens (primary N) is 1. The van der Waals surface area contributed by atoms with E-state index in [0.29, 0.717) is 18.6 Å². The van der Waals surface area contributed by atoms with Crippen molar-refractivity contribution in [3.8, 4) is 0 Å². The highest BCUT2D eigenvalue weighted by atomic mass is 15.3. The minimum absolute atomic E-state index is 0.365. The van der Waals surface area contributed by atoms with E-state index in [1.54, 1.807) is 0 Å². The Morgan fingerprint density at radius 2 is 2.14 bits per heavy atom. The third-order valence-corrected chi connectivity index (χ3v) is 5.29. The fourth-order valence-electron chi connectivity index (χ4n) is 4.15. The van der Waals surface area contributed by atoms with Crippen molar-refractivity contribution in [2.75, 3.05) is 26.2 Å². The molecule has 2 fully saturated rings. The summed E-state index contributed by atoms with van der Waals surface area (Å²) in [7, 11) is 0. The van der Waals surface area contributed by atoms with E-state index in [1.165, 1.54) is 50.0 Å². The second-order valence-corrected chi connectivity index (χ2v) is 6.86. The zero-order valence-corrected chi connectivity index (χ0v) is 13.5. The van der Waals surface area contributed by atoms with E-state index < -0.39 is 0 Å². The molecule has 0 spiro atoms. The molecule has 2 aliphatic rings. The van der Waals surface area contributed by atoms with Crippen LogP contribution in [0.5, 0.6) is 0 Å². The SMILES string of the molecule is Cc1cccc(C(CN)N2CC3CCCCN3CC2C)c1. The third kappa shape index (κ3) is 3.15. The minimum atomic E-state index is 0.365. The Kier molecular flexibility index (Phi) is 4.63. The lowest BCUT2D eigenvalue weighted by molar-refractivity contribution is -0.00667. The molecule has 3 heteroatoms. The van der Waals surface area contributed by atoms with Crippen LogP contribution in [0.4, 0.5) is 0 Å². The molecule has 0 saturated carbocycles. The Balaban J connectivity index is 1.79. The lowest BCUT2D eigenvalue weighted by Crippen LogP contribution is -2.60. The highest BCUT2D eigenvalue weighted by Crippen LogP contribution is 2.30. The first kappa shape index (κ1) is 15.0. The summed E-state index contributed by atoms with van der Waals surface area (Å²) in [4.78, 5) is 5.36. The van der Waals surface area contributed by atoms with Crippen LogP contribution in [0.15, 0.2) is 24.3 Å². The van der Waals surface area contributed by atoms with Gasteiger partial charge in [0, 0.05) is 37.8 Å². The van der Waals surface area contributed by atoms with Crippen molar-refractivity contribution in [2.24, 2.45) is 5.73 Å². The average Bonchev–Trinajstić information content (AvgIpc) is 2.48. The topological polar surface area (TPSA) is 32.5 Å². The van der Waals surface area contributed by atoms with Crippen molar-refractivity contribution in [1.29, 1.82) is 0 Å². The standard InChI is InChI=1S/C18H29N3/c1-14-6-5-7-16(10-14)18(11-19)21-13-17-8-3-4-9-20(17)12-15(21)2/h5-7,10,15,17-18H,3-4,8-9,11-13,19H2,1-2H3. The van der Waals surface area contributed by atoms with Crippen molar-refractivity contribution in [2.45, 2.75) is 51.2 Å². The number of rotatable bonds is 3. The van der Waals surface area contributed by atoms with Gasteiger partial charge in [-0.25, -0.2) is 0 Å². The molecule has 21 heavy (non-hydrogen) atoms. The molecule has 2 N–H and O–H groups in total. The first-order valence-electron chi connectivity index (χ1n) is 8.45. The molecular weight excluding hydrogens is 258 g/mol.